The van der Waals surface area contributed by atoms with E-state index in [2.05, 4.69) is 28.6 Å². The molecule has 0 radical (unpaired) electrons. The van der Waals surface area contributed by atoms with Crippen molar-refractivity contribution in [2.24, 2.45) is 11.8 Å². The zero-order chi connectivity index (χ0) is 35.3. The monoisotopic (exact) mass is 706 g/mol. The molecule has 2 heterocycles. The number of benzene rings is 2. The molecule has 2 unspecified atom stereocenters. The van der Waals surface area contributed by atoms with E-state index < -0.39 is 29.1 Å². The molecule has 11 heteroatoms. The number of aryl methyl sites for hydroxylation is 2. The molecule has 2 aliphatic heterocycles. The van der Waals surface area contributed by atoms with Crippen molar-refractivity contribution in [2.45, 2.75) is 101 Å². The van der Waals surface area contributed by atoms with E-state index in [-0.39, 0.29) is 37.3 Å². The number of amides is 4. The lowest BCUT2D eigenvalue weighted by Gasteiger charge is -2.36. The first kappa shape index (κ1) is 37.7. The fourth-order valence-corrected chi connectivity index (χ4v) is 7.62. The highest BCUT2D eigenvalue weighted by molar-refractivity contribution is 7.82. The second-order valence-electron chi connectivity index (χ2n) is 14.1. The van der Waals surface area contributed by atoms with Crippen molar-refractivity contribution in [3.8, 4) is 5.75 Å². The van der Waals surface area contributed by atoms with Crippen molar-refractivity contribution in [1.29, 1.82) is 0 Å². The predicted octanol–water partition coefficient (Wildman–Crippen LogP) is 4.52. The molecule has 2 fully saturated rings. The lowest BCUT2D eigenvalue weighted by Crippen LogP contribution is -2.60. The van der Waals surface area contributed by atoms with Crippen LogP contribution in [0.3, 0.4) is 0 Å². The van der Waals surface area contributed by atoms with Gasteiger partial charge in [-0.2, -0.15) is 12.6 Å². The van der Waals surface area contributed by atoms with Crippen LogP contribution < -0.4 is 20.7 Å². The van der Waals surface area contributed by atoms with Crippen LogP contribution in [0, 0.1) is 18.8 Å². The number of ether oxygens (including phenoxy) is 2. The van der Waals surface area contributed by atoms with Gasteiger partial charge in [-0.05, 0) is 86.1 Å². The van der Waals surface area contributed by atoms with Crippen LogP contribution >= 0.6 is 12.6 Å². The summed E-state index contributed by atoms with van der Waals surface area (Å²) >= 11 is 4.68. The van der Waals surface area contributed by atoms with E-state index in [1.807, 2.05) is 55.5 Å². The summed E-state index contributed by atoms with van der Waals surface area (Å²) in [5.74, 6) is -0.0465. The molecule has 0 aromatic heterocycles. The molecule has 1 saturated heterocycles. The van der Waals surface area contributed by atoms with Gasteiger partial charge in [-0.25, -0.2) is 0 Å². The zero-order valence-electron chi connectivity index (χ0n) is 29.4. The minimum absolute atomic E-state index is 0.0469. The van der Waals surface area contributed by atoms with Crippen LogP contribution in [0.2, 0.25) is 0 Å². The third kappa shape index (κ3) is 11.2. The summed E-state index contributed by atoms with van der Waals surface area (Å²) in [7, 11) is 0. The van der Waals surface area contributed by atoms with Crippen LogP contribution in [-0.4, -0.2) is 78.8 Å². The summed E-state index contributed by atoms with van der Waals surface area (Å²) < 4.78 is 11.9. The van der Waals surface area contributed by atoms with Crippen LogP contribution in [-0.2, 0) is 36.9 Å². The first-order valence-corrected chi connectivity index (χ1v) is 19.0. The van der Waals surface area contributed by atoms with Gasteiger partial charge in [-0.1, -0.05) is 62.1 Å². The minimum atomic E-state index is -1.29. The number of carbonyl (C=O) groups is 4. The van der Waals surface area contributed by atoms with Gasteiger partial charge in [-0.3, -0.25) is 19.2 Å². The van der Waals surface area contributed by atoms with Crippen molar-refractivity contribution in [1.82, 2.24) is 20.9 Å². The summed E-state index contributed by atoms with van der Waals surface area (Å²) in [5.41, 5.74) is 2.96. The summed E-state index contributed by atoms with van der Waals surface area (Å²) in [5, 5.41) is 7.54. The number of piperidine rings is 1. The average molecular weight is 707 g/mol. The van der Waals surface area contributed by atoms with Gasteiger partial charge in [0.05, 0.1) is 13.2 Å². The Morgan fingerprint density at radius 1 is 0.980 bits per heavy atom. The number of hydrogen-bond acceptors (Lipinski definition) is 7. The Morgan fingerprint density at radius 2 is 1.78 bits per heavy atom. The Kier molecular flexibility index (Phi) is 14.4. The molecule has 2 aromatic carbocycles. The molecule has 3 aliphatic rings. The maximum atomic E-state index is 14.1. The largest absolute Gasteiger partial charge is 0.494 e. The minimum Gasteiger partial charge on any atom is -0.494 e. The summed E-state index contributed by atoms with van der Waals surface area (Å²) in [6.07, 6.45) is 9.48. The Hall–Kier alpha value is -3.57. The maximum absolute atomic E-state index is 14.1. The lowest BCUT2D eigenvalue weighted by molar-refractivity contribution is -0.137. The third-order valence-electron chi connectivity index (χ3n) is 10.4. The van der Waals surface area contributed by atoms with Crippen molar-refractivity contribution >= 4 is 36.3 Å². The molecular formula is C39H54N4O6S. The smallest absolute Gasteiger partial charge is 0.244 e. The van der Waals surface area contributed by atoms with E-state index in [0.717, 1.165) is 48.1 Å². The molecule has 2 aromatic rings. The summed E-state index contributed by atoms with van der Waals surface area (Å²) in [6, 6.07) is 13.4. The standard InChI is InChI=1S/C39H54N4O6S/c1-27-13-15-32-24-31(27)25-40-37(45)33(16-14-28-8-3-2-4-9-28)41-38(46)35(42-34(44)19-22-48-21-17-29-10-5-6-11-29)36(50)39(47)43-20-7-12-30(26-43)18-23-49-32/h2-4,8-9,13,15,24,29-30,33,35-36,50H,5-7,10-12,14,16-23,25-26H2,1H3,(H,40,45)(H,41,46)(H,42,44)/t30?,33-,35-,36?/m0/s1. The van der Waals surface area contributed by atoms with Gasteiger partial charge in [0.25, 0.3) is 0 Å². The zero-order valence-corrected chi connectivity index (χ0v) is 30.3. The number of carbonyl (C=O) groups excluding carboxylic acids is 4. The average Bonchev–Trinajstić information content (AvgIpc) is 3.65. The van der Waals surface area contributed by atoms with Gasteiger partial charge in [-0.15, -0.1) is 0 Å². The topological polar surface area (TPSA) is 126 Å². The van der Waals surface area contributed by atoms with E-state index in [0.29, 0.717) is 45.1 Å². The van der Waals surface area contributed by atoms with Crippen LogP contribution in [0.25, 0.3) is 0 Å². The van der Waals surface area contributed by atoms with Crippen LogP contribution in [0.4, 0.5) is 0 Å². The molecule has 10 nitrogen and oxygen atoms in total. The number of thiol groups is 1. The van der Waals surface area contributed by atoms with Gasteiger partial charge in [0, 0.05) is 32.7 Å². The van der Waals surface area contributed by atoms with Gasteiger partial charge in [0.15, 0.2) is 0 Å². The highest BCUT2D eigenvalue weighted by atomic mass is 32.1. The molecule has 1 saturated carbocycles. The molecule has 272 valence electrons. The van der Waals surface area contributed by atoms with Crippen molar-refractivity contribution in [3.63, 3.8) is 0 Å². The quantitative estimate of drug-likeness (QED) is 0.213. The molecule has 1 aliphatic carbocycles. The van der Waals surface area contributed by atoms with Crippen molar-refractivity contribution < 1.29 is 28.7 Å². The van der Waals surface area contributed by atoms with Gasteiger partial charge >= 0.3 is 0 Å². The highest BCUT2D eigenvalue weighted by Gasteiger charge is 2.38. The normalized spacial score (nSPS) is 24.0. The summed E-state index contributed by atoms with van der Waals surface area (Å²) in [4.78, 5) is 56.7. The molecule has 4 atom stereocenters. The van der Waals surface area contributed by atoms with E-state index in [9.17, 15) is 19.2 Å². The third-order valence-corrected chi connectivity index (χ3v) is 10.9. The Bertz CT molecular complexity index is 1430. The first-order chi connectivity index (χ1) is 24.3. The highest BCUT2D eigenvalue weighted by Crippen LogP contribution is 2.27. The summed E-state index contributed by atoms with van der Waals surface area (Å²) in [6.45, 7) is 4.63. The second-order valence-corrected chi connectivity index (χ2v) is 14.7. The van der Waals surface area contributed by atoms with Crippen LogP contribution in [0.15, 0.2) is 48.5 Å². The van der Waals surface area contributed by atoms with E-state index in [1.54, 1.807) is 4.90 Å². The fourth-order valence-electron chi connectivity index (χ4n) is 7.24. The SMILES string of the molecule is Cc1ccc2cc1CNC(=O)[C@H](CCc1ccccc1)NC(=O)[C@@H](NC(=O)CCOCCC1CCCC1)C(S)C(=O)N1CCCC(CCO2)C1. The first-order valence-electron chi connectivity index (χ1n) is 18.4. The molecule has 5 rings (SSSR count). The van der Waals surface area contributed by atoms with Crippen LogP contribution in [0.1, 0.15) is 80.9 Å². The molecule has 4 bridgehead atoms. The van der Waals surface area contributed by atoms with Gasteiger partial charge in [0.2, 0.25) is 23.6 Å². The number of nitrogens with one attached hydrogen (secondary N) is 3. The second kappa shape index (κ2) is 19.2. The Balaban J connectivity index is 1.33. The Morgan fingerprint density at radius 3 is 2.58 bits per heavy atom. The van der Waals surface area contributed by atoms with Crippen molar-refractivity contribution in [3.05, 3.63) is 65.2 Å². The predicted molar refractivity (Wildman–Crippen MR) is 196 cm³/mol. The van der Waals surface area contributed by atoms with Crippen LogP contribution in [0.5, 0.6) is 5.75 Å². The van der Waals surface area contributed by atoms with Crippen molar-refractivity contribution in [2.75, 3.05) is 32.9 Å². The lowest BCUT2D eigenvalue weighted by atomic mass is 9.94. The van der Waals surface area contributed by atoms with Gasteiger partial charge in [0.1, 0.15) is 23.1 Å². The number of hydrogen-bond donors (Lipinski definition) is 4. The van der Waals surface area contributed by atoms with E-state index in [4.69, 9.17) is 9.47 Å². The van der Waals surface area contributed by atoms with E-state index >= 15 is 0 Å². The maximum Gasteiger partial charge on any atom is 0.244 e. The van der Waals surface area contributed by atoms with E-state index in [1.165, 1.54) is 25.7 Å². The molecule has 0 spiro atoms. The molecule has 50 heavy (non-hydrogen) atoms. The van der Waals surface area contributed by atoms with Gasteiger partial charge < -0.3 is 30.3 Å². The number of nitrogens with zero attached hydrogens (tertiary/aromatic N) is 1. The Labute approximate surface area is 302 Å². The fraction of sp³-hybridized carbons (Fsp3) is 0.590. The molecular weight excluding hydrogens is 653 g/mol. The number of rotatable bonds is 10. The molecule has 4 amide bonds. The molecule has 3 N–H and O–H groups in total. The number of fused-ring (bicyclic) bond motifs is 4.